The molecule has 2 amide bonds. The average Bonchev–Trinajstić information content (AvgIpc) is 2.93. The number of thiophene rings is 1. The third-order valence-corrected chi connectivity index (χ3v) is 5.59. The first kappa shape index (κ1) is 18.0. The molecule has 3 rings (SSSR count). The number of nitrogens with one attached hydrogen (secondary N) is 2. The third kappa shape index (κ3) is 4.07. The van der Waals surface area contributed by atoms with E-state index in [1.165, 1.54) is 17.4 Å². The van der Waals surface area contributed by atoms with E-state index in [4.69, 9.17) is 34.8 Å². The molecule has 1 aromatic heterocycles. The van der Waals surface area contributed by atoms with Gasteiger partial charge >= 0.3 is 0 Å². The van der Waals surface area contributed by atoms with Crippen molar-refractivity contribution in [1.29, 1.82) is 0 Å². The van der Waals surface area contributed by atoms with Crippen molar-refractivity contribution < 1.29 is 9.59 Å². The Hall–Kier alpha value is -1.79. The zero-order valence-electron chi connectivity index (χ0n) is 12.6. The van der Waals surface area contributed by atoms with E-state index in [-0.39, 0.29) is 6.54 Å². The van der Waals surface area contributed by atoms with E-state index in [0.29, 0.717) is 25.6 Å². The fraction of sp³-hybridized carbons (Fsp3) is 0.0588. The Morgan fingerprint density at radius 1 is 1.04 bits per heavy atom. The molecule has 128 valence electrons. The second kappa shape index (κ2) is 7.62. The van der Waals surface area contributed by atoms with Gasteiger partial charge in [-0.15, -0.1) is 11.3 Å². The highest BCUT2D eigenvalue weighted by Gasteiger charge is 2.17. The van der Waals surface area contributed by atoms with Crippen LogP contribution >= 0.6 is 46.1 Å². The van der Waals surface area contributed by atoms with Gasteiger partial charge in [0.1, 0.15) is 4.88 Å². The van der Waals surface area contributed by atoms with Crippen molar-refractivity contribution in [3.8, 4) is 0 Å². The molecule has 25 heavy (non-hydrogen) atoms. The molecular weight excluding hydrogens is 403 g/mol. The van der Waals surface area contributed by atoms with E-state index < -0.39 is 11.8 Å². The number of rotatable bonds is 4. The summed E-state index contributed by atoms with van der Waals surface area (Å²) in [5, 5.41) is 7.16. The quantitative estimate of drug-likeness (QED) is 0.615. The minimum absolute atomic E-state index is 0.216. The van der Waals surface area contributed by atoms with Crippen molar-refractivity contribution in [2.45, 2.75) is 0 Å². The van der Waals surface area contributed by atoms with E-state index >= 15 is 0 Å². The summed E-state index contributed by atoms with van der Waals surface area (Å²) in [5.74, 6) is -0.826. The van der Waals surface area contributed by atoms with Gasteiger partial charge in [-0.05, 0) is 24.3 Å². The van der Waals surface area contributed by atoms with E-state index in [2.05, 4.69) is 10.6 Å². The zero-order valence-corrected chi connectivity index (χ0v) is 15.7. The maximum Gasteiger partial charge on any atom is 0.263 e. The van der Waals surface area contributed by atoms with Gasteiger partial charge in [-0.25, -0.2) is 0 Å². The molecule has 0 radical (unpaired) electrons. The molecule has 1 heterocycles. The van der Waals surface area contributed by atoms with Crippen molar-refractivity contribution in [1.82, 2.24) is 5.32 Å². The van der Waals surface area contributed by atoms with E-state index in [1.807, 2.05) is 24.3 Å². The van der Waals surface area contributed by atoms with E-state index in [0.717, 1.165) is 10.1 Å². The first-order valence-electron chi connectivity index (χ1n) is 7.16. The Bertz CT molecular complexity index is 972. The Morgan fingerprint density at radius 3 is 2.56 bits per heavy atom. The van der Waals surface area contributed by atoms with Crippen LogP contribution in [-0.4, -0.2) is 18.4 Å². The SMILES string of the molecule is O=C(CNC(=O)c1sc2ccccc2c1Cl)Nc1cc(Cl)ccc1Cl. The van der Waals surface area contributed by atoms with Crippen LogP contribution in [0.3, 0.4) is 0 Å². The van der Waals surface area contributed by atoms with Crippen LogP contribution in [0.25, 0.3) is 10.1 Å². The van der Waals surface area contributed by atoms with Crippen molar-refractivity contribution in [2.75, 3.05) is 11.9 Å². The minimum Gasteiger partial charge on any atom is -0.342 e. The summed E-state index contributed by atoms with van der Waals surface area (Å²) in [4.78, 5) is 24.7. The topological polar surface area (TPSA) is 58.2 Å². The van der Waals surface area contributed by atoms with Gasteiger partial charge in [0.25, 0.3) is 5.91 Å². The number of benzene rings is 2. The van der Waals surface area contributed by atoms with Gasteiger partial charge in [0.05, 0.1) is 22.3 Å². The lowest BCUT2D eigenvalue weighted by atomic mass is 10.2. The number of fused-ring (bicyclic) bond motifs is 1. The summed E-state index contributed by atoms with van der Waals surface area (Å²) in [6.07, 6.45) is 0. The predicted octanol–water partition coefficient (Wildman–Crippen LogP) is 5.23. The van der Waals surface area contributed by atoms with Crippen LogP contribution in [0.5, 0.6) is 0 Å². The second-order valence-corrected chi connectivity index (χ2v) is 7.37. The molecule has 0 bridgehead atoms. The summed E-state index contributed by atoms with van der Waals surface area (Å²) < 4.78 is 0.910. The molecule has 0 atom stereocenters. The number of hydrogen-bond donors (Lipinski definition) is 2. The number of amides is 2. The maximum absolute atomic E-state index is 12.3. The molecule has 0 unspecified atom stereocenters. The lowest BCUT2D eigenvalue weighted by Crippen LogP contribution is -2.32. The van der Waals surface area contributed by atoms with Gasteiger partial charge in [0.2, 0.25) is 5.91 Å². The third-order valence-electron chi connectivity index (χ3n) is 3.35. The monoisotopic (exact) mass is 412 g/mol. The lowest BCUT2D eigenvalue weighted by molar-refractivity contribution is -0.115. The van der Waals surface area contributed by atoms with Crippen LogP contribution in [0.1, 0.15) is 9.67 Å². The van der Waals surface area contributed by atoms with Crippen LogP contribution in [0.4, 0.5) is 5.69 Å². The Kier molecular flexibility index (Phi) is 5.49. The van der Waals surface area contributed by atoms with Crippen molar-refractivity contribution in [3.63, 3.8) is 0 Å². The molecule has 0 saturated carbocycles. The van der Waals surface area contributed by atoms with Crippen LogP contribution in [0.2, 0.25) is 15.1 Å². The highest BCUT2D eigenvalue weighted by atomic mass is 35.5. The second-order valence-electron chi connectivity index (χ2n) is 5.10. The maximum atomic E-state index is 12.3. The summed E-state index contributed by atoms with van der Waals surface area (Å²) in [6, 6.07) is 12.2. The smallest absolute Gasteiger partial charge is 0.263 e. The molecule has 4 nitrogen and oxygen atoms in total. The molecule has 0 saturated heterocycles. The summed E-state index contributed by atoms with van der Waals surface area (Å²) >= 11 is 19.4. The molecule has 0 fully saturated rings. The number of hydrogen-bond acceptors (Lipinski definition) is 3. The van der Waals surface area contributed by atoms with Crippen LogP contribution < -0.4 is 10.6 Å². The zero-order chi connectivity index (χ0) is 18.0. The van der Waals surface area contributed by atoms with Gasteiger partial charge in [0, 0.05) is 15.1 Å². The predicted molar refractivity (Wildman–Crippen MR) is 104 cm³/mol. The molecule has 2 N–H and O–H groups in total. The molecule has 2 aromatic carbocycles. The molecule has 0 aliphatic heterocycles. The summed E-state index contributed by atoms with van der Waals surface area (Å²) in [7, 11) is 0. The van der Waals surface area contributed by atoms with Crippen molar-refractivity contribution in [2.24, 2.45) is 0 Å². The fourth-order valence-corrected chi connectivity index (χ4v) is 3.96. The molecule has 8 heteroatoms. The van der Waals surface area contributed by atoms with Gasteiger partial charge < -0.3 is 10.6 Å². The molecule has 0 spiro atoms. The van der Waals surface area contributed by atoms with Gasteiger partial charge in [-0.3, -0.25) is 9.59 Å². The highest BCUT2D eigenvalue weighted by molar-refractivity contribution is 7.21. The Balaban J connectivity index is 1.66. The molecule has 3 aromatic rings. The van der Waals surface area contributed by atoms with E-state index in [9.17, 15) is 9.59 Å². The largest absolute Gasteiger partial charge is 0.342 e. The summed E-state index contributed by atoms with van der Waals surface area (Å²) in [5.41, 5.74) is 0.383. The number of halogens is 3. The van der Waals surface area contributed by atoms with Gasteiger partial charge in [-0.2, -0.15) is 0 Å². The number of carbonyl (C=O) groups excluding carboxylic acids is 2. The molecular formula is C17H11Cl3N2O2S. The average molecular weight is 414 g/mol. The van der Waals surface area contributed by atoms with Gasteiger partial charge in [-0.1, -0.05) is 53.0 Å². The number of carbonyl (C=O) groups is 2. The van der Waals surface area contributed by atoms with Gasteiger partial charge in [0.15, 0.2) is 0 Å². The van der Waals surface area contributed by atoms with Crippen molar-refractivity contribution in [3.05, 3.63) is 62.4 Å². The Labute approximate surface area is 162 Å². The van der Waals surface area contributed by atoms with Crippen LogP contribution in [-0.2, 0) is 4.79 Å². The minimum atomic E-state index is -0.422. The first-order chi connectivity index (χ1) is 12.0. The lowest BCUT2D eigenvalue weighted by Gasteiger charge is -2.08. The van der Waals surface area contributed by atoms with E-state index in [1.54, 1.807) is 12.1 Å². The standard InChI is InChI=1S/C17H11Cl3N2O2S/c18-9-5-6-11(19)12(7-9)22-14(23)8-21-17(24)16-15(20)10-3-1-2-4-13(10)25-16/h1-7H,8H2,(H,21,24)(H,22,23). The number of anilines is 1. The fourth-order valence-electron chi connectivity index (χ4n) is 2.19. The Morgan fingerprint density at radius 2 is 1.80 bits per heavy atom. The van der Waals surface area contributed by atoms with Crippen molar-refractivity contribution >= 4 is 73.7 Å². The van der Waals surface area contributed by atoms with Crippen LogP contribution in [0.15, 0.2) is 42.5 Å². The molecule has 0 aliphatic rings. The first-order valence-corrected chi connectivity index (χ1v) is 9.11. The molecule has 0 aliphatic carbocycles. The normalized spacial score (nSPS) is 10.7. The summed E-state index contributed by atoms with van der Waals surface area (Å²) in [6.45, 7) is -0.216. The highest BCUT2D eigenvalue weighted by Crippen LogP contribution is 2.34. The van der Waals surface area contributed by atoms with Crippen LogP contribution in [0, 0.1) is 0 Å².